The molecule has 0 unspecified atom stereocenters. The molecule has 0 saturated heterocycles. The monoisotopic (exact) mass is 508 g/mol. The van der Waals surface area contributed by atoms with E-state index >= 15 is 0 Å². The molecule has 0 spiro atoms. The van der Waals surface area contributed by atoms with Gasteiger partial charge >= 0.3 is 0 Å². The lowest BCUT2D eigenvalue weighted by atomic mass is 10.1. The number of ether oxygens (including phenoxy) is 1. The maximum atomic E-state index is 12.9. The molecule has 172 valence electrons. The minimum Gasteiger partial charge on any atom is -0.493 e. The summed E-state index contributed by atoms with van der Waals surface area (Å²) in [7, 11) is 0. The molecule has 2 N–H and O–H groups in total. The van der Waals surface area contributed by atoms with Crippen LogP contribution in [0, 0.1) is 6.92 Å². The van der Waals surface area contributed by atoms with E-state index < -0.39 is 0 Å². The van der Waals surface area contributed by atoms with Crippen LogP contribution in [-0.2, 0) is 0 Å². The Hall–Kier alpha value is -3.12. The average molecular weight is 509 g/mol. The molecule has 0 aliphatic carbocycles. The first-order chi connectivity index (χ1) is 16.0. The highest BCUT2D eigenvalue weighted by molar-refractivity contribution is 9.10. The Morgan fingerprint density at radius 3 is 2.09 bits per heavy atom. The van der Waals surface area contributed by atoms with Crippen LogP contribution in [0.1, 0.15) is 58.9 Å². The molecular weight excluding hydrogens is 480 g/mol. The topological polar surface area (TPSA) is 67.4 Å². The van der Waals surface area contributed by atoms with Crippen molar-refractivity contribution in [2.75, 3.05) is 17.2 Å². The number of halogens is 1. The lowest BCUT2D eigenvalue weighted by molar-refractivity contribution is 0.101. The molecule has 0 heterocycles. The van der Waals surface area contributed by atoms with Gasteiger partial charge in [0, 0.05) is 21.4 Å². The van der Waals surface area contributed by atoms with Crippen LogP contribution in [0.4, 0.5) is 11.4 Å². The second-order valence-corrected chi connectivity index (χ2v) is 8.77. The number of unbranched alkanes of at least 4 members (excludes halogenated alkanes) is 3. The molecule has 2 amide bonds. The lowest BCUT2D eigenvalue weighted by Gasteiger charge is -2.13. The zero-order valence-corrected chi connectivity index (χ0v) is 20.6. The van der Waals surface area contributed by atoms with Crippen molar-refractivity contribution in [3.8, 4) is 5.75 Å². The third-order valence-electron chi connectivity index (χ3n) is 5.23. The van der Waals surface area contributed by atoms with Gasteiger partial charge in [-0.15, -0.1) is 0 Å². The van der Waals surface area contributed by atoms with Crippen LogP contribution >= 0.6 is 15.9 Å². The predicted octanol–water partition coefficient (Wildman–Crippen LogP) is 7.22. The average Bonchev–Trinajstić information content (AvgIpc) is 2.81. The highest BCUT2D eigenvalue weighted by Gasteiger charge is 2.14. The summed E-state index contributed by atoms with van der Waals surface area (Å²) < 4.78 is 6.69. The predicted molar refractivity (Wildman–Crippen MR) is 137 cm³/mol. The van der Waals surface area contributed by atoms with Crippen LogP contribution in [0.5, 0.6) is 5.75 Å². The molecule has 0 aliphatic heterocycles. The van der Waals surface area contributed by atoms with Gasteiger partial charge < -0.3 is 15.4 Å². The number of aryl methyl sites for hydroxylation is 1. The zero-order chi connectivity index (χ0) is 23.6. The van der Waals surface area contributed by atoms with Crippen molar-refractivity contribution < 1.29 is 14.3 Å². The van der Waals surface area contributed by atoms with E-state index in [0.29, 0.717) is 34.9 Å². The van der Waals surface area contributed by atoms with Crippen LogP contribution in [-0.4, -0.2) is 18.4 Å². The van der Waals surface area contributed by atoms with E-state index in [1.807, 2.05) is 37.3 Å². The Balaban J connectivity index is 1.63. The van der Waals surface area contributed by atoms with Crippen molar-refractivity contribution in [2.45, 2.75) is 39.5 Å². The first-order valence-corrected chi connectivity index (χ1v) is 12.0. The van der Waals surface area contributed by atoms with Gasteiger partial charge in [-0.1, -0.05) is 60.3 Å². The maximum Gasteiger partial charge on any atom is 0.259 e. The van der Waals surface area contributed by atoms with E-state index in [1.165, 1.54) is 12.8 Å². The second kappa shape index (κ2) is 12.2. The summed E-state index contributed by atoms with van der Waals surface area (Å²) in [6.07, 6.45) is 4.42. The molecular formula is C27H29BrN2O3. The molecule has 5 nitrogen and oxygen atoms in total. The van der Waals surface area contributed by atoms with Gasteiger partial charge in [0.1, 0.15) is 5.75 Å². The molecule has 33 heavy (non-hydrogen) atoms. The summed E-state index contributed by atoms with van der Waals surface area (Å²) in [6, 6.07) is 19.9. The van der Waals surface area contributed by atoms with Gasteiger partial charge in [0.05, 0.1) is 12.2 Å². The Kier molecular flexibility index (Phi) is 9.07. The Morgan fingerprint density at radius 2 is 1.45 bits per heavy atom. The fourth-order valence-electron chi connectivity index (χ4n) is 3.38. The van der Waals surface area contributed by atoms with E-state index in [0.717, 1.165) is 22.9 Å². The van der Waals surface area contributed by atoms with Gasteiger partial charge in [-0.3, -0.25) is 9.59 Å². The summed E-state index contributed by atoms with van der Waals surface area (Å²) in [5.74, 6) is 0.144. The van der Waals surface area contributed by atoms with Crippen LogP contribution < -0.4 is 15.4 Å². The quantitative estimate of drug-likeness (QED) is 0.284. The number of hydrogen-bond acceptors (Lipinski definition) is 3. The van der Waals surface area contributed by atoms with Crippen molar-refractivity contribution in [1.29, 1.82) is 0 Å². The smallest absolute Gasteiger partial charge is 0.259 e. The van der Waals surface area contributed by atoms with Gasteiger partial charge in [-0.25, -0.2) is 0 Å². The first kappa shape index (κ1) is 24.5. The summed E-state index contributed by atoms with van der Waals surface area (Å²) >= 11 is 3.43. The summed E-state index contributed by atoms with van der Waals surface area (Å²) in [6.45, 7) is 4.65. The maximum absolute atomic E-state index is 12.9. The van der Waals surface area contributed by atoms with Crippen molar-refractivity contribution in [3.63, 3.8) is 0 Å². The molecule has 0 bridgehead atoms. The highest BCUT2D eigenvalue weighted by atomic mass is 79.9. The van der Waals surface area contributed by atoms with Gasteiger partial charge in [0.2, 0.25) is 0 Å². The largest absolute Gasteiger partial charge is 0.493 e. The number of carbonyl (C=O) groups is 2. The fourth-order valence-corrected chi connectivity index (χ4v) is 3.74. The molecule has 0 saturated carbocycles. The van der Waals surface area contributed by atoms with E-state index in [9.17, 15) is 9.59 Å². The van der Waals surface area contributed by atoms with Crippen molar-refractivity contribution in [2.24, 2.45) is 0 Å². The highest BCUT2D eigenvalue weighted by Crippen LogP contribution is 2.25. The number of anilines is 2. The molecule has 0 aliphatic rings. The SMILES string of the molecule is CCCCCCOc1ccc(Br)cc1C(=O)Nc1ccc(NC(=O)c2ccccc2C)cc1. The minimum absolute atomic E-state index is 0.167. The van der Waals surface area contributed by atoms with Crippen molar-refractivity contribution >= 4 is 39.1 Å². The molecule has 0 atom stereocenters. The second-order valence-electron chi connectivity index (χ2n) is 7.85. The first-order valence-electron chi connectivity index (χ1n) is 11.2. The van der Waals surface area contributed by atoms with Crippen LogP contribution in [0.25, 0.3) is 0 Å². The molecule has 0 aromatic heterocycles. The number of amides is 2. The van der Waals surface area contributed by atoms with E-state index in [2.05, 4.69) is 33.5 Å². The van der Waals surface area contributed by atoms with E-state index in [-0.39, 0.29) is 11.8 Å². The Labute approximate surface area is 203 Å². The number of rotatable bonds is 10. The standard InChI is InChI=1S/C27H29BrN2O3/c1-3-4-5-8-17-33-25-16-11-20(28)18-24(25)27(32)30-22-14-12-21(13-15-22)29-26(31)23-10-7-6-9-19(23)2/h6-7,9-16,18H,3-5,8,17H2,1-2H3,(H,29,31)(H,30,32). The van der Waals surface area contributed by atoms with Crippen LogP contribution in [0.2, 0.25) is 0 Å². The minimum atomic E-state index is -0.253. The van der Waals surface area contributed by atoms with Crippen molar-refractivity contribution in [1.82, 2.24) is 0 Å². The number of hydrogen-bond donors (Lipinski definition) is 2. The normalized spacial score (nSPS) is 10.5. The fraction of sp³-hybridized carbons (Fsp3) is 0.259. The Morgan fingerprint density at radius 1 is 0.818 bits per heavy atom. The molecule has 3 aromatic rings. The molecule has 6 heteroatoms. The van der Waals surface area contributed by atoms with Crippen molar-refractivity contribution in [3.05, 3.63) is 87.9 Å². The molecule has 0 fully saturated rings. The molecule has 0 radical (unpaired) electrons. The third-order valence-corrected chi connectivity index (χ3v) is 5.73. The summed E-state index contributed by atoms with van der Waals surface area (Å²) in [5.41, 5.74) is 3.29. The zero-order valence-electron chi connectivity index (χ0n) is 19.0. The lowest BCUT2D eigenvalue weighted by Crippen LogP contribution is -2.15. The Bertz CT molecular complexity index is 1100. The molecule has 3 rings (SSSR count). The third kappa shape index (κ3) is 7.19. The van der Waals surface area contributed by atoms with Gasteiger partial charge in [0.25, 0.3) is 11.8 Å². The summed E-state index contributed by atoms with van der Waals surface area (Å²) in [5, 5.41) is 5.79. The van der Waals surface area contributed by atoms with Crippen LogP contribution in [0.3, 0.4) is 0 Å². The summed E-state index contributed by atoms with van der Waals surface area (Å²) in [4.78, 5) is 25.4. The molecule has 3 aromatic carbocycles. The van der Waals surface area contributed by atoms with Gasteiger partial charge in [-0.05, 0) is 67.4 Å². The number of nitrogens with one attached hydrogen (secondary N) is 2. The van der Waals surface area contributed by atoms with Gasteiger partial charge in [-0.2, -0.15) is 0 Å². The number of benzene rings is 3. The number of carbonyl (C=O) groups excluding carboxylic acids is 2. The van der Waals surface area contributed by atoms with E-state index in [4.69, 9.17) is 4.74 Å². The van der Waals surface area contributed by atoms with Crippen LogP contribution in [0.15, 0.2) is 71.2 Å². The van der Waals surface area contributed by atoms with Gasteiger partial charge in [0.15, 0.2) is 0 Å². The van der Waals surface area contributed by atoms with E-state index in [1.54, 1.807) is 36.4 Å².